The number of hydrogen-bond donors (Lipinski definition) is 2. The number of hydrogen-bond acceptors (Lipinski definition) is 4. The third-order valence-electron chi connectivity index (χ3n) is 4.74. The van der Waals surface area contributed by atoms with Crippen molar-refractivity contribution in [1.82, 2.24) is 10.2 Å². The fourth-order valence-electron chi connectivity index (χ4n) is 3.23. The lowest BCUT2D eigenvalue weighted by Gasteiger charge is -2.37. The second-order valence-electron chi connectivity index (χ2n) is 6.63. The first-order valence-corrected chi connectivity index (χ1v) is 9.49. The maximum atomic E-state index is 13.2. The summed E-state index contributed by atoms with van der Waals surface area (Å²) in [6.45, 7) is 3.33. The lowest BCUT2D eigenvalue weighted by atomic mass is 10.2. The van der Waals surface area contributed by atoms with Crippen LogP contribution in [0.25, 0.3) is 0 Å². The third-order valence-corrected chi connectivity index (χ3v) is 4.74. The van der Waals surface area contributed by atoms with E-state index in [0.29, 0.717) is 11.6 Å². The van der Waals surface area contributed by atoms with Crippen LogP contribution in [0.5, 0.6) is 5.75 Å². The number of rotatable bonds is 5. The molecule has 3 rings (SSSR count). The summed E-state index contributed by atoms with van der Waals surface area (Å²) in [6.07, 6.45) is 0. The first-order valence-electron chi connectivity index (χ1n) is 9.49. The van der Waals surface area contributed by atoms with Crippen molar-refractivity contribution >= 4 is 23.2 Å². The molecule has 1 saturated heterocycles. The zero-order chi connectivity index (χ0) is 20.6. The zero-order valence-corrected chi connectivity index (χ0v) is 16.7. The summed E-state index contributed by atoms with van der Waals surface area (Å²) in [5, 5.41) is 5.75. The Kier molecular flexibility index (Phi) is 6.89. The van der Waals surface area contributed by atoms with Crippen LogP contribution in [0.1, 0.15) is 0 Å². The molecule has 0 aromatic heterocycles. The first kappa shape index (κ1) is 20.4. The summed E-state index contributed by atoms with van der Waals surface area (Å²) in [5.74, 6) is 0.872. The topological polar surface area (TPSA) is 69.2 Å². The summed E-state index contributed by atoms with van der Waals surface area (Å²) < 4.78 is 18.4. The van der Waals surface area contributed by atoms with E-state index in [4.69, 9.17) is 4.74 Å². The molecule has 2 aromatic rings. The number of benzene rings is 2. The van der Waals surface area contributed by atoms with E-state index < -0.39 is 0 Å². The number of aliphatic imine (C=N–C) groups is 1. The zero-order valence-electron chi connectivity index (χ0n) is 16.7. The van der Waals surface area contributed by atoms with E-state index in [1.165, 1.54) is 12.1 Å². The van der Waals surface area contributed by atoms with Crippen LogP contribution in [0, 0.1) is 5.82 Å². The minimum absolute atomic E-state index is 0.0574. The Morgan fingerprint density at radius 3 is 2.48 bits per heavy atom. The number of anilines is 2. The molecule has 0 aliphatic carbocycles. The SMILES string of the molecule is CN=C(NCC(=O)Nc1cccc(F)c1)N1CCN(c2ccc(OC)cc2)CC1. The van der Waals surface area contributed by atoms with Crippen LogP contribution in [0.4, 0.5) is 15.8 Å². The normalized spacial score (nSPS) is 14.5. The average molecular weight is 399 g/mol. The van der Waals surface area contributed by atoms with Crippen LogP contribution < -0.4 is 20.3 Å². The fraction of sp³-hybridized carbons (Fsp3) is 0.333. The van der Waals surface area contributed by atoms with Crippen molar-refractivity contribution < 1.29 is 13.9 Å². The van der Waals surface area contributed by atoms with Crippen LogP contribution in [0.3, 0.4) is 0 Å². The molecule has 1 heterocycles. The Morgan fingerprint density at radius 1 is 1.14 bits per heavy atom. The minimum Gasteiger partial charge on any atom is -0.497 e. The number of ether oxygens (including phenoxy) is 1. The number of carbonyl (C=O) groups excluding carboxylic acids is 1. The van der Waals surface area contributed by atoms with E-state index in [2.05, 4.69) is 37.6 Å². The molecule has 1 aliphatic heterocycles. The standard InChI is InChI=1S/C21H26FN5O2/c1-23-21(24-15-20(28)25-17-5-3-4-16(22)14-17)27-12-10-26(11-13-27)18-6-8-19(29-2)9-7-18/h3-9,14H,10-13,15H2,1-2H3,(H,23,24)(H,25,28). The largest absolute Gasteiger partial charge is 0.497 e. The van der Waals surface area contributed by atoms with Crippen LogP contribution in [0.2, 0.25) is 0 Å². The third kappa shape index (κ3) is 5.60. The number of carbonyl (C=O) groups is 1. The molecular weight excluding hydrogens is 373 g/mol. The molecule has 8 heteroatoms. The second-order valence-corrected chi connectivity index (χ2v) is 6.63. The molecule has 2 aromatic carbocycles. The van der Waals surface area contributed by atoms with Gasteiger partial charge in [-0.05, 0) is 42.5 Å². The van der Waals surface area contributed by atoms with Gasteiger partial charge >= 0.3 is 0 Å². The monoisotopic (exact) mass is 399 g/mol. The highest BCUT2D eigenvalue weighted by Gasteiger charge is 2.20. The number of methoxy groups -OCH3 is 1. The van der Waals surface area contributed by atoms with Crippen molar-refractivity contribution in [2.45, 2.75) is 0 Å². The summed E-state index contributed by atoms with van der Waals surface area (Å²) in [5.41, 5.74) is 1.59. The summed E-state index contributed by atoms with van der Waals surface area (Å²) in [6, 6.07) is 13.8. The van der Waals surface area contributed by atoms with Crippen LogP contribution in [0.15, 0.2) is 53.5 Å². The molecule has 1 aliphatic rings. The summed E-state index contributed by atoms with van der Waals surface area (Å²) >= 11 is 0. The summed E-state index contributed by atoms with van der Waals surface area (Å²) in [4.78, 5) is 20.8. The van der Waals surface area contributed by atoms with E-state index in [9.17, 15) is 9.18 Å². The van der Waals surface area contributed by atoms with Gasteiger partial charge in [0.05, 0.1) is 13.7 Å². The number of nitrogens with one attached hydrogen (secondary N) is 2. The Hall–Kier alpha value is -3.29. The predicted molar refractivity (Wildman–Crippen MR) is 113 cm³/mol. The molecule has 0 spiro atoms. The van der Waals surface area contributed by atoms with E-state index in [1.54, 1.807) is 26.3 Å². The molecule has 0 radical (unpaired) electrons. The van der Waals surface area contributed by atoms with Crippen molar-refractivity contribution in [3.63, 3.8) is 0 Å². The van der Waals surface area contributed by atoms with Crippen molar-refractivity contribution in [3.05, 3.63) is 54.3 Å². The van der Waals surface area contributed by atoms with Gasteiger partial charge in [-0.3, -0.25) is 9.79 Å². The molecule has 0 saturated carbocycles. The molecule has 0 bridgehead atoms. The van der Waals surface area contributed by atoms with Crippen LogP contribution in [-0.4, -0.2) is 63.6 Å². The highest BCUT2D eigenvalue weighted by molar-refractivity contribution is 5.95. The Bertz CT molecular complexity index is 848. The molecule has 0 unspecified atom stereocenters. The average Bonchev–Trinajstić information content (AvgIpc) is 2.75. The summed E-state index contributed by atoms with van der Waals surface area (Å²) in [7, 11) is 3.35. The molecule has 1 fully saturated rings. The fourth-order valence-corrected chi connectivity index (χ4v) is 3.23. The molecular formula is C21H26FN5O2. The molecule has 7 nitrogen and oxygen atoms in total. The van der Waals surface area contributed by atoms with E-state index in [0.717, 1.165) is 37.6 Å². The van der Waals surface area contributed by atoms with E-state index >= 15 is 0 Å². The smallest absolute Gasteiger partial charge is 0.243 e. The predicted octanol–water partition coefficient (Wildman–Crippen LogP) is 2.17. The highest BCUT2D eigenvalue weighted by Crippen LogP contribution is 2.20. The van der Waals surface area contributed by atoms with Crippen molar-refractivity contribution in [1.29, 1.82) is 0 Å². The molecule has 0 atom stereocenters. The molecule has 154 valence electrons. The lowest BCUT2D eigenvalue weighted by molar-refractivity contribution is -0.115. The van der Waals surface area contributed by atoms with Gasteiger partial charge in [0.1, 0.15) is 11.6 Å². The van der Waals surface area contributed by atoms with Crippen LogP contribution >= 0.6 is 0 Å². The molecule has 1 amide bonds. The van der Waals surface area contributed by atoms with Gasteiger partial charge in [0, 0.05) is 44.6 Å². The van der Waals surface area contributed by atoms with Crippen molar-refractivity contribution in [2.75, 3.05) is 57.1 Å². The van der Waals surface area contributed by atoms with Gasteiger partial charge in [0.2, 0.25) is 5.91 Å². The second kappa shape index (κ2) is 9.77. The number of halogens is 1. The quantitative estimate of drug-likeness (QED) is 0.596. The van der Waals surface area contributed by atoms with Gasteiger partial charge in [-0.25, -0.2) is 4.39 Å². The Morgan fingerprint density at radius 2 is 1.86 bits per heavy atom. The van der Waals surface area contributed by atoms with Gasteiger partial charge in [0.15, 0.2) is 5.96 Å². The number of nitrogens with zero attached hydrogens (tertiary/aromatic N) is 3. The molecule has 29 heavy (non-hydrogen) atoms. The number of guanidine groups is 1. The maximum absolute atomic E-state index is 13.2. The van der Waals surface area contributed by atoms with E-state index in [-0.39, 0.29) is 18.3 Å². The lowest BCUT2D eigenvalue weighted by Crippen LogP contribution is -2.53. The van der Waals surface area contributed by atoms with Crippen molar-refractivity contribution in [3.8, 4) is 5.75 Å². The minimum atomic E-state index is -0.388. The highest BCUT2D eigenvalue weighted by atomic mass is 19.1. The van der Waals surface area contributed by atoms with Gasteiger partial charge < -0.3 is 25.2 Å². The number of amides is 1. The van der Waals surface area contributed by atoms with Gasteiger partial charge in [-0.2, -0.15) is 0 Å². The first-order chi connectivity index (χ1) is 14.1. The Labute approximate surface area is 170 Å². The van der Waals surface area contributed by atoms with Crippen LogP contribution in [-0.2, 0) is 4.79 Å². The van der Waals surface area contributed by atoms with Gasteiger partial charge in [-0.1, -0.05) is 6.07 Å². The maximum Gasteiger partial charge on any atom is 0.243 e. The number of piperazine rings is 1. The van der Waals surface area contributed by atoms with E-state index in [1.807, 2.05) is 12.1 Å². The van der Waals surface area contributed by atoms with Crippen molar-refractivity contribution in [2.24, 2.45) is 4.99 Å². The van der Waals surface area contributed by atoms with Gasteiger partial charge in [-0.15, -0.1) is 0 Å². The molecule has 2 N–H and O–H groups in total. The Balaban J connectivity index is 1.47. The van der Waals surface area contributed by atoms with Gasteiger partial charge in [0.25, 0.3) is 0 Å².